The third kappa shape index (κ3) is 8.11. The number of aliphatic hydroxyl groups is 1. The monoisotopic (exact) mass is 407 g/mol. The third-order valence-corrected chi connectivity index (χ3v) is 4.10. The van der Waals surface area contributed by atoms with Gasteiger partial charge in [0.15, 0.2) is 0 Å². The summed E-state index contributed by atoms with van der Waals surface area (Å²) in [6, 6.07) is 3.53. The lowest BCUT2D eigenvalue weighted by Gasteiger charge is -2.26. The highest BCUT2D eigenvalue weighted by Crippen LogP contribution is 2.17. The van der Waals surface area contributed by atoms with E-state index in [9.17, 15) is 14.4 Å². The van der Waals surface area contributed by atoms with Crippen LogP contribution < -0.4 is 16.0 Å². The molecule has 4 N–H and O–H groups in total. The number of amides is 3. The summed E-state index contributed by atoms with van der Waals surface area (Å²) in [6.07, 6.45) is -0.692. The fraction of sp³-hybridized carbons (Fsp3) is 0.571. The molecular weight excluding hydrogens is 374 g/mol. The molecule has 8 heteroatoms. The van der Waals surface area contributed by atoms with Gasteiger partial charge in [0, 0.05) is 5.69 Å². The van der Waals surface area contributed by atoms with Crippen LogP contribution in [0.3, 0.4) is 0 Å². The molecule has 0 unspecified atom stereocenters. The molecule has 1 aromatic rings. The largest absolute Gasteiger partial charge is 0.444 e. The van der Waals surface area contributed by atoms with Gasteiger partial charge in [-0.3, -0.25) is 9.59 Å². The first-order valence-corrected chi connectivity index (χ1v) is 9.65. The fourth-order valence-electron chi connectivity index (χ4n) is 2.54. The molecule has 0 saturated carbocycles. The van der Waals surface area contributed by atoms with E-state index in [2.05, 4.69) is 16.0 Å². The van der Waals surface area contributed by atoms with Crippen molar-refractivity contribution in [2.45, 2.75) is 72.8 Å². The van der Waals surface area contributed by atoms with Gasteiger partial charge in [0.25, 0.3) is 0 Å². The number of aryl methyl sites for hydroxylation is 1. The first kappa shape index (κ1) is 24.4. The SMILES string of the molecule is Cc1cc(CO)ccc1NC(=O)[C@H](C)NC(=O)[C@@H](NC(=O)OC(C)(C)C)C(C)C. The van der Waals surface area contributed by atoms with Gasteiger partial charge in [0.2, 0.25) is 11.8 Å². The average Bonchev–Trinajstić information content (AvgIpc) is 2.59. The number of aliphatic hydroxyl groups excluding tert-OH is 1. The molecule has 0 heterocycles. The Labute approximate surface area is 172 Å². The van der Waals surface area contributed by atoms with Crippen LogP contribution in [-0.4, -0.2) is 40.7 Å². The van der Waals surface area contributed by atoms with Crippen LogP contribution in [0.1, 0.15) is 52.7 Å². The van der Waals surface area contributed by atoms with Crippen LogP contribution in [0.5, 0.6) is 0 Å². The van der Waals surface area contributed by atoms with Gasteiger partial charge < -0.3 is 25.8 Å². The number of benzene rings is 1. The average molecular weight is 408 g/mol. The van der Waals surface area contributed by atoms with Crippen molar-refractivity contribution in [2.24, 2.45) is 5.92 Å². The second kappa shape index (κ2) is 10.2. The van der Waals surface area contributed by atoms with Crippen molar-refractivity contribution in [2.75, 3.05) is 5.32 Å². The molecule has 0 aliphatic carbocycles. The molecule has 0 spiro atoms. The molecule has 162 valence electrons. The quantitative estimate of drug-likeness (QED) is 0.554. The number of nitrogens with one attached hydrogen (secondary N) is 3. The highest BCUT2D eigenvalue weighted by Gasteiger charge is 2.29. The lowest BCUT2D eigenvalue weighted by Crippen LogP contribution is -2.54. The van der Waals surface area contributed by atoms with E-state index in [0.29, 0.717) is 5.69 Å². The van der Waals surface area contributed by atoms with E-state index in [1.165, 1.54) is 0 Å². The van der Waals surface area contributed by atoms with Crippen LogP contribution in [0.15, 0.2) is 18.2 Å². The molecule has 0 radical (unpaired) electrons. The van der Waals surface area contributed by atoms with Crippen molar-refractivity contribution in [1.82, 2.24) is 10.6 Å². The van der Waals surface area contributed by atoms with Crippen molar-refractivity contribution in [3.8, 4) is 0 Å². The predicted molar refractivity (Wildman–Crippen MR) is 111 cm³/mol. The normalized spacial score (nSPS) is 13.4. The molecular formula is C21H33N3O5. The van der Waals surface area contributed by atoms with Gasteiger partial charge in [-0.05, 0) is 57.7 Å². The summed E-state index contributed by atoms with van der Waals surface area (Å²) in [4.78, 5) is 37.1. The Morgan fingerprint density at radius 3 is 2.17 bits per heavy atom. The lowest BCUT2D eigenvalue weighted by molar-refractivity contribution is -0.128. The standard InChI is InChI=1S/C21H33N3O5/c1-12(2)17(24-20(28)29-21(5,6)7)19(27)22-14(4)18(26)23-16-9-8-15(11-25)10-13(16)3/h8-10,12,14,17,25H,11H2,1-7H3,(H,22,27)(H,23,26)(H,24,28)/t14-,17-/m0/s1. The van der Waals surface area contributed by atoms with Crippen LogP contribution >= 0.6 is 0 Å². The molecule has 0 aromatic heterocycles. The third-order valence-electron chi connectivity index (χ3n) is 4.10. The van der Waals surface area contributed by atoms with Crippen LogP contribution in [0.4, 0.5) is 10.5 Å². The lowest BCUT2D eigenvalue weighted by atomic mass is 10.0. The Morgan fingerprint density at radius 1 is 1.07 bits per heavy atom. The molecule has 0 saturated heterocycles. The molecule has 3 amide bonds. The number of ether oxygens (including phenoxy) is 1. The molecule has 2 atom stereocenters. The van der Waals surface area contributed by atoms with Crippen LogP contribution in [0.25, 0.3) is 0 Å². The van der Waals surface area contributed by atoms with Gasteiger partial charge in [0.1, 0.15) is 17.7 Å². The van der Waals surface area contributed by atoms with E-state index in [1.54, 1.807) is 59.7 Å². The van der Waals surface area contributed by atoms with Crippen LogP contribution in [-0.2, 0) is 20.9 Å². The van der Waals surface area contributed by atoms with Gasteiger partial charge in [-0.2, -0.15) is 0 Å². The van der Waals surface area contributed by atoms with Crippen LogP contribution in [0, 0.1) is 12.8 Å². The highest BCUT2D eigenvalue weighted by molar-refractivity contribution is 5.98. The first-order chi connectivity index (χ1) is 13.3. The number of hydrogen-bond acceptors (Lipinski definition) is 5. The topological polar surface area (TPSA) is 117 Å². The fourth-order valence-corrected chi connectivity index (χ4v) is 2.54. The number of anilines is 1. The van der Waals surface area contributed by atoms with E-state index in [4.69, 9.17) is 9.84 Å². The van der Waals surface area contributed by atoms with Crippen LogP contribution in [0.2, 0.25) is 0 Å². The summed E-state index contributed by atoms with van der Waals surface area (Å²) in [5.74, 6) is -1.06. The van der Waals surface area contributed by atoms with Crippen molar-refractivity contribution >= 4 is 23.6 Å². The summed E-state index contributed by atoms with van der Waals surface area (Å²) >= 11 is 0. The Kier molecular flexibility index (Phi) is 8.63. The number of carbonyl (C=O) groups excluding carboxylic acids is 3. The number of alkyl carbamates (subject to hydrolysis) is 1. The minimum Gasteiger partial charge on any atom is -0.444 e. The van der Waals surface area contributed by atoms with Gasteiger partial charge in [0.05, 0.1) is 6.61 Å². The Morgan fingerprint density at radius 2 is 1.69 bits per heavy atom. The Balaban J connectivity index is 2.74. The number of rotatable bonds is 7. The Hall–Kier alpha value is -2.61. The summed E-state index contributed by atoms with van der Waals surface area (Å²) in [5.41, 5.74) is 1.46. The van der Waals surface area contributed by atoms with E-state index < -0.39 is 35.6 Å². The zero-order chi connectivity index (χ0) is 22.4. The maximum Gasteiger partial charge on any atom is 0.408 e. The highest BCUT2D eigenvalue weighted by atomic mass is 16.6. The van der Waals surface area contributed by atoms with Crippen molar-refractivity contribution in [3.63, 3.8) is 0 Å². The molecule has 0 aliphatic rings. The van der Waals surface area contributed by atoms with Crippen molar-refractivity contribution < 1.29 is 24.2 Å². The minimum atomic E-state index is -0.842. The van der Waals surface area contributed by atoms with E-state index in [-0.39, 0.29) is 12.5 Å². The zero-order valence-corrected chi connectivity index (χ0v) is 18.3. The molecule has 8 nitrogen and oxygen atoms in total. The van der Waals surface area contributed by atoms with E-state index >= 15 is 0 Å². The van der Waals surface area contributed by atoms with E-state index in [1.807, 2.05) is 6.92 Å². The maximum atomic E-state index is 12.6. The van der Waals surface area contributed by atoms with Crippen molar-refractivity contribution in [1.29, 1.82) is 0 Å². The maximum absolute atomic E-state index is 12.6. The molecule has 29 heavy (non-hydrogen) atoms. The van der Waals surface area contributed by atoms with Gasteiger partial charge in [-0.1, -0.05) is 26.0 Å². The summed E-state index contributed by atoms with van der Waals surface area (Å²) < 4.78 is 5.20. The predicted octanol–water partition coefficient (Wildman–Crippen LogP) is 2.48. The molecule has 1 aromatic carbocycles. The molecule has 0 aliphatic heterocycles. The summed E-state index contributed by atoms with van der Waals surface area (Å²) in [5, 5.41) is 17.1. The summed E-state index contributed by atoms with van der Waals surface area (Å²) in [6.45, 7) is 12.1. The smallest absolute Gasteiger partial charge is 0.408 e. The van der Waals surface area contributed by atoms with Crippen molar-refractivity contribution in [3.05, 3.63) is 29.3 Å². The molecule has 0 fully saturated rings. The van der Waals surface area contributed by atoms with Gasteiger partial charge >= 0.3 is 6.09 Å². The van der Waals surface area contributed by atoms with Gasteiger partial charge in [-0.25, -0.2) is 4.79 Å². The second-order valence-corrected chi connectivity index (χ2v) is 8.39. The van der Waals surface area contributed by atoms with Gasteiger partial charge in [-0.15, -0.1) is 0 Å². The summed E-state index contributed by atoms with van der Waals surface area (Å²) in [7, 11) is 0. The number of hydrogen-bond donors (Lipinski definition) is 4. The minimum absolute atomic E-state index is 0.0806. The number of carbonyl (C=O) groups is 3. The second-order valence-electron chi connectivity index (χ2n) is 8.39. The van der Waals surface area contributed by atoms with E-state index in [0.717, 1.165) is 11.1 Å². The molecule has 1 rings (SSSR count). The zero-order valence-electron chi connectivity index (χ0n) is 18.3. The molecule has 0 bridgehead atoms. The first-order valence-electron chi connectivity index (χ1n) is 9.65. The Bertz CT molecular complexity index is 740.